The quantitative estimate of drug-likeness (QED) is 0.779. The number of halogens is 1. The Balaban J connectivity index is 1.88. The number of ether oxygens (including phenoxy) is 1. The van der Waals surface area contributed by atoms with Gasteiger partial charge in [0.15, 0.2) is 0 Å². The van der Waals surface area contributed by atoms with Gasteiger partial charge in [0, 0.05) is 11.5 Å². The van der Waals surface area contributed by atoms with Crippen LogP contribution in [0, 0.1) is 0 Å². The number of pyridine rings is 1. The number of carbonyl (C=O) groups excluding carboxylic acids is 1. The molecule has 3 rings (SSSR count). The zero-order valence-corrected chi connectivity index (χ0v) is 11.8. The molecule has 0 radical (unpaired) electrons. The molecule has 2 heterocycles. The van der Waals surface area contributed by atoms with Crippen molar-refractivity contribution >= 4 is 34.1 Å². The molecule has 0 fully saturated rings. The van der Waals surface area contributed by atoms with E-state index in [1.807, 2.05) is 0 Å². The van der Waals surface area contributed by atoms with Crippen LogP contribution in [-0.4, -0.2) is 28.2 Å². The van der Waals surface area contributed by atoms with E-state index in [4.69, 9.17) is 16.3 Å². The largest absolute Gasteiger partial charge is 0.481 e. The summed E-state index contributed by atoms with van der Waals surface area (Å²) in [5.74, 6) is 0.165. The maximum atomic E-state index is 12.3. The maximum absolute atomic E-state index is 12.3. The van der Waals surface area contributed by atoms with Gasteiger partial charge in [0.2, 0.25) is 5.88 Å². The molecule has 3 aromatic rings. The van der Waals surface area contributed by atoms with Crippen LogP contribution < -0.4 is 10.1 Å². The van der Waals surface area contributed by atoms with Gasteiger partial charge in [-0.15, -0.1) is 0 Å². The molecule has 0 aliphatic heterocycles. The van der Waals surface area contributed by atoms with Crippen LogP contribution in [0.5, 0.6) is 5.88 Å². The number of anilines is 1. The maximum Gasteiger partial charge on any atom is 0.274 e. The summed E-state index contributed by atoms with van der Waals surface area (Å²) in [6, 6.07) is 8.64. The fourth-order valence-corrected chi connectivity index (χ4v) is 2.16. The molecule has 6 nitrogen and oxygen atoms in total. The fourth-order valence-electron chi connectivity index (χ4n) is 1.94. The summed E-state index contributed by atoms with van der Waals surface area (Å²) in [6.07, 6.45) is 1.52. The van der Waals surface area contributed by atoms with E-state index in [1.165, 1.54) is 13.3 Å². The number of carbonyl (C=O) groups is 1. The van der Waals surface area contributed by atoms with Gasteiger partial charge in [0.25, 0.3) is 5.91 Å². The zero-order valence-electron chi connectivity index (χ0n) is 11.1. The monoisotopic (exact) mass is 302 g/mol. The molecular formula is C14H11ClN4O2. The van der Waals surface area contributed by atoms with Crippen LogP contribution in [0.15, 0.2) is 36.5 Å². The van der Waals surface area contributed by atoms with Gasteiger partial charge in [-0.2, -0.15) is 5.10 Å². The topological polar surface area (TPSA) is 79.9 Å². The smallest absolute Gasteiger partial charge is 0.274 e. The third kappa shape index (κ3) is 2.53. The molecule has 0 aliphatic carbocycles. The number of rotatable bonds is 3. The lowest BCUT2D eigenvalue weighted by atomic mass is 10.2. The minimum absolute atomic E-state index is 0.313. The van der Waals surface area contributed by atoms with E-state index in [2.05, 4.69) is 20.5 Å². The molecule has 1 aromatic carbocycles. The highest BCUT2D eigenvalue weighted by Gasteiger charge is 2.15. The summed E-state index contributed by atoms with van der Waals surface area (Å²) in [5, 5.41) is 10.7. The molecule has 0 saturated heterocycles. The van der Waals surface area contributed by atoms with Gasteiger partial charge in [-0.1, -0.05) is 23.7 Å². The Kier molecular flexibility index (Phi) is 3.45. The van der Waals surface area contributed by atoms with Crippen molar-refractivity contribution in [3.05, 3.63) is 47.2 Å². The summed E-state index contributed by atoms with van der Waals surface area (Å²) < 4.78 is 4.96. The lowest BCUT2D eigenvalue weighted by Gasteiger charge is -2.04. The molecule has 0 unspecified atom stereocenters. The molecule has 106 valence electrons. The Bertz CT molecular complexity index is 798. The summed E-state index contributed by atoms with van der Waals surface area (Å²) in [7, 11) is 1.53. The Hall–Kier alpha value is -2.60. The number of benzene rings is 1. The van der Waals surface area contributed by atoms with Crippen molar-refractivity contribution in [2.75, 3.05) is 12.4 Å². The Morgan fingerprint density at radius 1 is 1.33 bits per heavy atom. The molecule has 0 bridgehead atoms. The van der Waals surface area contributed by atoms with Crippen LogP contribution in [0.3, 0.4) is 0 Å². The Morgan fingerprint density at radius 2 is 2.19 bits per heavy atom. The fraction of sp³-hybridized carbons (Fsp3) is 0.0714. The van der Waals surface area contributed by atoms with Crippen molar-refractivity contribution in [3.63, 3.8) is 0 Å². The third-order valence-corrected chi connectivity index (χ3v) is 3.27. The van der Waals surface area contributed by atoms with Crippen molar-refractivity contribution in [3.8, 4) is 5.88 Å². The van der Waals surface area contributed by atoms with E-state index in [-0.39, 0.29) is 5.91 Å². The SMILES string of the molecule is COc1ccc(NC(=O)c2[nH]nc3c(Cl)cccc23)cn1. The van der Waals surface area contributed by atoms with Gasteiger partial charge in [0.05, 0.1) is 24.0 Å². The molecule has 0 aliphatic rings. The Morgan fingerprint density at radius 3 is 2.90 bits per heavy atom. The van der Waals surface area contributed by atoms with Crippen LogP contribution in [-0.2, 0) is 0 Å². The van der Waals surface area contributed by atoms with Crippen LogP contribution in [0.1, 0.15) is 10.5 Å². The number of aromatic nitrogens is 3. The highest BCUT2D eigenvalue weighted by molar-refractivity contribution is 6.35. The van der Waals surface area contributed by atoms with Crippen molar-refractivity contribution in [1.82, 2.24) is 15.2 Å². The van der Waals surface area contributed by atoms with E-state index in [9.17, 15) is 4.79 Å². The summed E-state index contributed by atoms with van der Waals surface area (Å²) >= 11 is 6.03. The first-order valence-electron chi connectivity index (χ1n) is 6.13. The number of nitrogens with zero attached hydrogens (tertiary/aromatic N) is 2. The average molecular weight is 303 g/mol. The summed E-state index contributed by atoms with van der Waals surface area (Å²) in [6.45, 7) is 0. The number of para-hydroxylation sites is 1. The van der Waals surface area contributed by atoms with Crippen LogP contribution in [0.25, 0.3) is 10.9 Å². The van der Waals surface area contributed by atoms with Crippen LogP contribution >= 0.6 is 11.6 Å². The van der Waals surface area contributed by atoms with Crippen LogP contribution in [0.2, 0.25) is 5.02 Å². The number of aromatic amines is 1. The molecular weight excluding hydrogens is 292 g/mol. The molecule has 0 saturated carbocycles. The number of fused-ring (bicyclic) bond motifs is 1. The second-order valence-corrected chi connectivity index (χ2v) is 4.69. The van der Waals surface area contributed by atoms with Gasteiger partial charge < -0.3 is 10.1 Å². The number of hydrogen-bond donors (Lipinski definition) is 2. The van der Waals surface area contributed by atoms with Crippen LogP contribution in [0.4, 0.5) is 5.69 Å². The van der Waals surface area contributed by atoms with E-state index in [0.717, 1.165) is 0 Å². The summed E-state index contributed by atoms with van der Waals surface area (Å²) in [5.41, 5.74) is 1.48. The second-order valence-electron chi connectivity index (χ2n) is 4.28. The van der Waals surface area contributed by atoms with Gasteiger partial charge >= 0.3 is 0 Å². The zero-order chi connectivity index (χ0) is 14.8. The minimum Gasteiger partial charge on any atom is -0.481 e. The van der Waals surface area contributed by atoms with Crippen molar-refractivity contribution in [2.45, 2.75) is 0 Å². The molecule has 2 aromatic heterocycles. The minimum atomic E-state index is -0.313. The van der Waals surface area contributed by atoms with Gasteiger partial charge in [-0.05, 0) is 12.1 Å². The highest BCUT2D eigenvalue weighted by atomic mass is 35.5. The third-order valence-electron chi connectivity index (χ3n) is 2.97. The number of nitrogens with one attached hydrogen (secondary N) is 2. The summed E-state index contributed by atoms with van der Waals surface area (Å²) in [4.78, 5) is 16.3. The van der Waals surface area contributed by atoms with E-state index >= 15 is 0 Å². The van der Waals surface area contributed by atoms with Gasteiger partial charge in [-0.3, -0.25) is 9.89 Å². The van der Waals surface area contributed by atoms with E-state index in [0.29, 0.717) is 33.2 Å². The van der Waals surface area contributed by atoms with Gasteiger partial charge in [-0.25, -0.2) is 4.98 Å². The predicted octanol–water partition coefficient (Wildman–Crippen LogP) is 2.87. The Labute approximate surface area is 125 Å². The molecule has 21 heavy (non-hydrogen) atoms. The van der Waals surface area contributed by atoms with Crippen molar-refractivity contribution in [1.29, 1.82) is 0 Å². The van der Waals surface area contributed by atoms with E-state index < -0.39 is 0 Å². The molecule has 0 atom stereocenters. The lowest BCUT2D eigenvalue weighted by Crippen LogP contribution is -2.13. The van der Waals surface area contributed by atoms with Gasteiger partial charge in [0.1, 0.15) is 11.2 Å². The highest BCUT2D eigenvalue weighted by Crippen LogP contribution is 2.24. The lowest BCUT2D eigenvalue weighted by molar-refractivity contribution is 0.102. The number of methoxy groups -OCH3 is 1. The molecule has 0 spiro atoms. The standard InChI is InChI=1S/C14H11ClN4O2/c1-21-11-6-5-8(7-16-11)17-14(20)13-9-3-2-4-10(15)12(9)18-19-13/h2-7H,1H3,(H,17,20)(H,18,19). The number of hydrogen-bond acceptors (Lipinski definition) is 4. The molecule has 1 amide bonds. The van der Waals surface area contributed by atoms with Crippen molar-refractivity contribution < 1.29 is 9.53 Å². The van der Waals surface area contributed by atoms with Crippen molar-refractivity contribution in [2.24, 2.45) is 0 Å². The molecule has 2 N–H and O–H groups in total. The predicted molar refractivity (Wildman–Crippen MR) is 79.8 cm³/mol. The number of H-pyrrole nitrogens is 1. The first kappa shape index (κ1) is 13.4. The molecule has 7 heteroatoms. The van der Waals surface area contributed by atoms with E-state index in [1.54, 1.807) is 30.3 Å². The second kappa shape index (κ2) is 5.41. The first-order chi connectivity index (χ1) is 10.2. The average Bonchev–Trinajstić information content (AvgIpc) is 2.93. The number of amides is 1. The first-order valence-corrected chi connectivity index (χ1v) is 6.51. The normalized spacial score (nSPS) is 10.6.